The molecule has 0 radical (unpaired) electrons. The molecule has 1 atom stereocenters. The second kappa shape index (κ2) is 5.65. The quantitative estimate of drug-likeness (QED) is 0.848. The van der Waals surface area contributed by atoms with E-state index in [1.54, 1.807) is 10.9 Å². The van der Waals surface area contributed by atoms with E-state index in [9.17, 15) is 4.79 Å². The molecule has 4 rings (SSSR count). The van der Waals surface area contributed by atoms with Crippen LogP contribution in [0.5, 0.6) is 0 Å². The number of aromatic nitrogens is 2. The molecule has 0 bridgehead atoms. The van der Waals surface area contributed by atoms with Gasteiger partial charge in [-0.05, 0) is 36.1 Å². The summed E-state index contributed by atoms with van der Waals surface area (Å²) in [4.78, 5) is 17.0. The van der Waals surface area contributed by atoms with Gasteiger partial charge < -0.3 is 4.90 Å². The fraction of sp³-hybridized carbons (Fsp3) is 0.412. The van der Waals surface area contributed by atoms with Crippen molar-refractivity contribution < 1.29 is 4.79 Å². The van der Waals surface area contributed by atoms with Gasteiger partial charge in [-0.3, -0.25) is 14.4 Å². The fourth-order valence-electron chi connectivity index (χ4n) is 3.62. The number of amides is 1. The highest BCUT2D eigenvalue weighted by Crippen LogP contribution is 2.29. The van der Waals surface area contributed by atoms with Gasteiger partial charge in [0.1, 0.15) is 0 Å². The summed E-state index contributed by atoms with van der Waals surface area (Å²) in [5.41, 5.74) is 3.49. The van der Waals surface area contributed by atoms with Crippen molar-refractivity contribution in [3.63, 3.8) is 0 Å². The summed E-state index contributed by atoms with van der Waals surface area (Å²) in [7, 11) is 1.87. The summed E-state index contributed by atoms with van der Waals surface area (Å²) in [6, 6.07) is 6.04. The molecule has 0 N–H and O–H groups in total. The average molecular weight is 331 g/mol. The molecule has 0 spiro atoms. The molecule has 120 valence electrons. The normalized spacial score (nSPS) is 21.7. The zero-order chi connectivity index (χ0) is 16.0. The Hall–Kier alpha value is -1.85. The SMILES string of the molecule is Cn1cc(N2CC[C@H](N3CCc4cc(Cl)ccc4C3)C2=O)cn1. The molecular weight excluding hydrogens is 312 g/mol. The second-order valence-electron chi connectivity index (χ2n) is 6.30. The number of nitrogens with zero attached hydrogens (tertiary/aromatic N) is 4. The van der Waals surface area contributed by atoms with Crippen LogP contribution in [0.25, 0.3) is 0 Å². The second-order valence-corrected chi connectivity index (χ2v) is 6.74. The molecule has 0 aliphatic carbocycles. The molecule has 0 saturated carbocycles. The smallest absolute Gasteiger partial charge is 0.244 e. The van der Waals surface area contributed by atoms with Gasteiger partial charge in [0, 0.05) is 37.9 Å². The minimum atomic E-state index is -0.0287. The Morgan fingerprint density at radius 2 is 2.13 bits per heavy atom. The van der Waals surface area contributed by atoms with Crippen molar-refractivity contribution in [1.29, 1.82) is 0 Å². The van der Waals surface area contributed by atoms with Crippen LogP contribution in [0.2, 0.25) is 5.02 Å². The molecule has 6 heteroatoms. The van der Waals surface area contributed by atoms with E-state index >= 15 is 0 Å². The number of hydrogen-bond donors (Lipinski definition) is 0. The third kappa shape index (κ3) is 2.64. The highest BCUT2D eigenvalue weighted by atomic mass is 35.5. The number of hydrogen-bond acceptors (Lipinski definition) is 3. The van der Waals surface area contributed by atoms with Crippen molar-refractivity contribution in [3.8, 4) is 0 Å². The van der Waals surface area contributed by atoms with Crippen LogP contribution in [-0.2, 0) is 24.8 Å². The lowest BCUT2D eigenvalue weighted by molar-refractivity contribution is -0.122. The van der Waals surface area contributed by atoms with Crippen molar-refractivity contribution in [1.82, 2.24) is 14.7 Å². The first-order chi connectivity index (χ1) is 11.1. The van der Waals surface area contributed by atoms with Gasteiger partial charge in [-0.25, -0.2) is 0 Å². The summed E-state index contributed by atoms with van der Waals surface area (Å²) in [6.07, 6.45) is 5.48. The molecule has 2 aliphatic rings. The number of aryl methyl sites for hydroxylation is 1. The molecule has 1 fully saturated rings. The van der Waals surface area contributed by atoms with Crippen molar-refractivity contribution in [2.45, 2.75) is 25.4 Å². The first kappa shape index (κ1) is 14.7. The Labute approximate surface area is 140 Å². The lowest BCUT2D eigenvalue weighted by Crippen LogP contribution is -2.44. The summed E-state index contributed by atoms with van der Waals surface area (Å²) in [6.45, 7) is 2.49. The standard InChI is InChI=1S/C17H19ClN4O/c1-20-11-15(9-19-20)22-7-5-16(17(22)23)21-6-4-12-8-14(18)3-2-13(12)10-21/h2-3,8-9,11,16H,4-7,10H2,1H3/t16-/m0/s1. The maximum absolute atomic E-state index is 12.8. The number of benzene rings is 1. The Kier molecular flexibility index (Phi) is 3.62. The molecule has 2 aliphatic heterocycles. The van der Waals surface area contributed by atoms with Crippen molar-refractivity contribution in [3.05, 3.63) is 46.7 Å². The Morgan fingerprint density at radius 1 is 1.26 bits per heavy atom. The summed E-state index contributed by atoms with van der Waals surface area (Å²) >= 11 is 6.07. The van der Waals surface area contributed by atoms with Gasteiger partial charge in [-0.1, -0.05) is 17.7 Å². The van der Waals surface area contributed by atoms with E-state index < -0.39 is 0 Å². The van der Waals surface area contributed by atoms with Gasteiger partial charge in [-0.15, -0.1) is 0 Å². The van der Waals surface area contributed by atoms with Crippen LogP contribution in [0.3, 0.4) is 0 Å². The molecule has 1 aromatic heterocycles. The molecule has 3 heterocycles. The lowest BCUT2D eigenvalue weighted by atomic mass is 9.98. The molecule has 1 saturated heterocycles. The van der Waals surface area contributed by atoms with Gasteiger partial charge in [0.05, 0.1) is 17.9 Å². The van der Waals surface area contributed by atoms with E-state index in [2.05, 4.69) is 16.1 Å². The van der Waals surface area contributed by atoms with Crippen LogP contribution in [0, 0.1) is 0 Å². The van der Waals surface area contributed by atoms with Crippen molar-refractivity contribution in [2.75, 3.05) is 18.0 Å². The Balaban J connectivity index is 1.51. The Bertz CT molecular complexity index is 757. The van der Waals surface area contributed by atoms with Crippen LogP contribution >= 0.6 is 11.6 Å². The average Bonchev–Trinajstić information content (AvgIpc) is 3.12. The Morgan fingerprint density at radius 3 is 2.91 bits per heavy atom. The zero-order valence-electron chi connectivity index (χ0n) is 13.1. The van der Waals surface area contributed by atoms with Crippen LogP contribution in [0.4, 0.5) is 5.69 Å². The van der Waals surface area contributed by atoms with E-state index in [0.29, 0.717) is 0 Å². The van der Waals surface area contributed by atoms with Gasteiger partial charge in [0.15, 0.2) is 0 Å². The topological polar surface area (TPSA) is 41.4 Å². The lowest BCUT2D eigenvalue weighted by Gasteiger charge is -2.32. The summed E-state index contributed by atoms with van der Waals surface area (Å²) in [5, 5.41) is 4.96. The molecule has 0 unspecified atom stereocenters. The number of rotatable bonds is 2. The highest BCUT2D eigenvalue weighted by Gasteiger charge is 2.38. The largest absolute Gasteiger partial charge is 0.308 e. The number of carbonyl (C=O) groups is 1. The fourth-order valence-corrected chi connectivity index (χ4v) is 3.81. The molecule has 2 aromatic rings. The van der Waals surface area contributed by atoms with E-state index in [0.717, 1.165) is 43.2 Å². The van der Waals surface area contributed by atoms with Crippen LogP contribution < -0.4 is 4.90 Å². The van der Waals surface area contributed by atoms with Crippen molar-refractivity contribution >= 4 is 23.2 Å². The minimum Gasteiger partial charge on any atom is -0.308 e. The molecule has 1 amide bonds. The number of fused-ring (bicyclic) bond motifs is 1. The van der Waals surface area contributed by atoms with E-state index in [1.807, 2.05) is 30.3 Å². The van der Waals surface area contributed by atoms with E-state index in [-0.39, 0.29) is 11.9 Å². The van der Waals surface area contributed by atoms with Crippen LogP contribution in [-0.4, -0.2) is 39.7 Å². The van der Waals surface area contributed by atoms with Crippen LogP contribution in [0.15, 0.2) is 30.6 Å². The van der Waals surface area contributed by atoms with Gasteiger partial charge in [0.2, 0.25) is 5.91 Å². The number of halogens is 1. The first-order valence-electron chi connectivity index (χ1n) is 7.93. The maximum Gasteiger partial charge on any atom is 0.244 e. The zero-order valence-corrected chi connectivity index (χ0v) is 13.8. The van der Waals surface area contributed by atoms with Crippen LogP contribution in [0.1, 0.15) is 17.5 Å². The van der Waals surface area contributed by atoms with Crippen molar-refractivity contribution in [2.24, 2.45) is 7.05 Å². The summed E-state index contributed by atoms with van der Waals surface area (Å²) < 4.78 is 1.73. The van der Waals surface area contributed by atoms with E-state index in [4.69, 9.17) is 11.6 Å². The number of anilines is 1. The van der Waals surface area contributed by atoms with Gasteiger partial charge in [-0.2, -0.15) is 5.10 Å². The summed E-state index contributed by atoms with van der Waals surface area (Å²) in [5.74, 6) is 0.190. The molecule has 1 aromatic carbocycles. The third-order valence-corrected chi connectivity index (χ3v) is 5.07. The van der Waals surface area contributed by atoms with E-state index in [1.165, 1.54) is 11.1 Å². The first-order valence-corrected chi connectivity index (χ1v) is 8.31. The monoisotopic (exact) mass is 330 g/mol. The third-order valence-electron chi connectivity index (χ3n) is 4.83. The molecular formula is C17H19ClN4O. The highest BCUT2D eigenvalue weighted by molar-refractivity contribution is 6.30. The maximum atomic E-state index is 12.8. The predicted molar refractivity (Wildman–Crippen MR) is 89.5 cm³/mol. The predicted octanol–water partition coefficient (Wildman–Crippen LogP) is 2.24. The minimum absolute atomic E-state index is 0.0287. The van der Waals surface area contributed by atoms with Gasteiger partial charge in [0.25, 0.3) is 0 Å². The number of carbonyl (C=O) groups excluding carboxylic acids is 1. The molecule has 23 heavy (non-hydrogen) atoms. The molecule has 5 nitrogen and oxygen atoms in total. The van der Waals surface area contributed by atoms with Gasteiger partial charge >= 0.3 is 0 Å².